The third-order valence-electron chi connectivity index (χ3n) is 5.09. The lowest BCUT2D eigenvalue weighted by Crippen LogP contribution is -2.45. The number of carbonyl (C=O) groups is 1. The summed E-state index contributed by atoms with van der Waals surface area (Å²) in [5.74, 6) is -1.09. The van der Waals surface area contributed by atoms with E-state index < -0.39 is 17.6 Å². The second-order valence-corrected chi connectivity index (χ2v) is 7.91. The largest absolute Gasteiger partial charge is 0.419 e. The Labute approximate surface area is 184 Å². The minimum absolute atomic E-state index is 0.0962. The minimum Gasteiger partial charge on any atom is -0.327 e. The summed E-state index contributed by atoms with van der Waals surface area (Å²) in [4.78, 5) is 14.6. The van der Waals surface area contributed by atoms with Crippen LogP contribution in [0.2, 0.25) is 10.0 Å². The van der Waals surface area contributed by atoms with Gasteiger partial charge in [0, 0.05) is 18.2 Å². The van der Waals surface area contributed by atoms with E-state index in [0.29, 0.717) is 11.9 Å². The number of rotatable bonds is 2. The standard InChI is InChI=1S/C20H14Cl2F4N4O/c1-10-8-30-16(9-29(10)19(31)12-3-2-4-14(21)17(12)22)27-28-18(30)11-5-6-13(15(23)7-11)20(24,25)26/h2-7,10H,8-9H2,1H3. The second-order valence-electron chi connectivity index (χ2n) is 7.13. The maximum absolute atomic E-state index is 14.0. The van der Waals surface area contributed by atoms with Crippen molar-refractivity contribution in [3.8, 4) is 11.4 Å². The molecule has 4 rings (SSSR count). The Morgan fingerprint density at radius 2 is 1.90 bits per heavy atom. The number of halogens is 6. The third kappa shape index (κ3) is 3.87. The van der Waals surface area contributed by atoms with Gasteiger partial charge in [-0.2, -0.15) is 13.2 Å². The molecule has 2 aromatic carbocycles. The van der Waals surface area contributed by atoms with Gasteiger partial charge >= 0.3 is 6.18 Å². The number of alkyl halides is 3. The van der Waals surface area contributed by atoms with Crippen LogP contribution in [0.3, 0.4) is 0 Å². The molecule has 5 nitrogen and oxygen atoms in total. The Hall–Kier alpha value is -2.65. The monoisotopic (exact) mass is 472 g/mol. The van der Waals surface area contributed by atoms with Gasteiger partial charge in [0.1, 0.15) is 5.82 Å². The Kier molecular flexibility index (Phi) is 5.43. The predicted octanol–water partition coefficient (Wildman–Crippen LogP) is 5.45. The highest BCUT2D eigenvalue weighted by Gasteiger charge is 2.35. The molecule has 11 heteroatoms. The fourth-order valence-corrected chi connectivity index (χ4v) is 3.89. The van der Waals surface area contributed by atoms with Gasteiger partial charge in [0.2, 0.25) is 0 Å². The predicted molar refractivity (Wildman–Crippen MR) is 106 cm³/mol. The first-order valence-corrected chi connectivity index (χ1v) is 9.87. The van der Waals surface area contributed by atoms with E-state index >= 15 is 0 Å². The van der Waals surface area contributed by atoms with Crippen LogP contribution in [-0.2, 0) is 19.3 Å². The highest BCUT2D eigenvalue weighted by atomic mass is 35.5. The first-order chi connectivity index (χ1) is 14.6. The summed E-state index contributed by atoms with van der Waals surface area (Å²) in [7, 11) is 0. The molecule has 0 saturated heterocycles. The van der Waals surface area contributed by atoms with Crippen molar-refractivity contribution in [2.24, 2.45) is 0 Å². The van der Waals surface area contributed by atoms with Gasteiger partial charge in [-0.3, -0.25) is 4.79 Å². The van der Waals surface area contributed by atoms with Crippen LogP contribution in [0.1, 0.15) is 28.7 Å². The molecule has 1 amide bonds. The molecule has 0 bridgehead atoms. The molecular formula is C20H14Cl2F4N4O. The summed E-state index contributed by atoms with van der Waals surface area (Å²) < 4.78 is 54.2. The molecule has 1 aromatic heterocycles. The molecule has 0 radical (unpaired) electrons. The van der Waals surface area contributed by atoms with E-state index in [1.807, 2.05) is 0 Å². The van der Waals surface area contributed by atoms with Gasteiger partial charge in [-0.25, -0.2) is 4.39 Å². The maximum Gasteiger partial charge on any atom is 0.419 e. The minimum atomic E-state index is -4.79. The van der Waals surface area contributed by atoms with Crippen LogP contribution in [0.5, 0.6) is 0 Å². The zero-order chi connectivity index (χ0) is 22.5. The van der Waals surface area contributed by atoms with E-state index in [0.717, 1.165) is 12.1 Å². The summed E-state index contributed by atoms with van der Waals surface area (Å²) in [6.07, 6.45) is -4.79. The van der Waals surface area contributed by atoms with Gasteiger partial charge in [0.05, 0.1) is 27.7 Å². The van der Waals surface area contributed by atoms with Crippen LogP contribution in [-0.4, -0.2) is 31.6 Å². The first-order valence-electron chi connectivity index (χ1n) is 9.12. The molecule has 0 N–H and O–H groups in total. The Morgan fingerprint density at radius 1 is 1.16 bits per heavy atom. The van der Waals surface area contributed by atoms with Gasteiger partial charge in [-0.05, 0) is 31.2 Å². The van der Waals surface area contributed by atoms with E-state index in [2.05, 4.69) is 10.2 Å². The molecule has 1 unspecified atom stereocenters. The van der Waals surface area contributed by atoms with Gasteiger partial charge < -0.3 is 9.47 Å². The van der Waals surface area contributed by atoms with Crippen molar-refractivity contribution in [3.63, 3.8) is 0 Å². The van der Waals surface area contributed by atoms with Gasteiger partial charge in [0.25, 0.3) is 5.91 Å². The highest BCUT2D eigenvalue weighted by molar-refractivity contribution is 6.43. The van der Waals surface area contributed by atoms with Gasteiger partial charge in [-0.15, -0.1) is 10.2 Å². The topological polar surface area (TPSA) is 51.0 Å². The fourth-order valence-electron chi connectivity index (χ4n) is 3.51. The van der Waals surface area contributed by atoms with Crippen molar-refractivity contribution in [1.82, 2.24) is 19.7 Å². The molecule has 2 heterocycles. The van der Waals surface area contributed by atoms with E-state index in [4.69, 9.17) is 23.2 Å². The first kappa shape index (κ1) is 21.6. The average molecular weight is 473 g/mol. The average Bonchev–Trinajstić information content (AvgIpc) is 3.10. The van der Waals surface area contributed by atoms with Crippen LogP contribution in [0.4, 0.5) is 17.6 Å². The molecule has 0 spiro atoms. The van der Waals surface area contributed by atoms with Gasteiger partial charge in [-0.1, -0.05) is 35.3 Å². The van der Waals surface area contributed by atoms with E-state index in [1.165, 1.54) is 0 Å². The van der Waals surface area contributed by atoms with Crippen molar-refractivity contribution in [1.29, 1.82) is 0 Å². The Bertz CT molecular complexity index is 1180. The second kappa shape index (κ2) is 7.80. The van der Waals surface area contributed by atoms with Crippen molar-refractivity contribution in [2.75, 3.05) is 0 Å². The number of carbonyl (C=O) groups excluding carboxylic acids is 1. The molecule has 162 valence electrons. The number of hydrogen-bond acceptors (Lipinski definition) is 3. The Morgan fingerprint density at radius 3 is 2.58 bits per heavy atom. The third-order valence-corrected chi connectivity index (χ3v) is 5.91. The number of amides is 1. The molecule has 31 heavy (non-hydrogen) atoms. The molecule has 3 aromatic rings. The number of aromatic nitrogens is 3. The smallest absolute Gasteiger partial charge is 0.327 e. The molecule has 0 aliphatic carbocycles. The van der Waals surface area contributed by atoms with Crippen LogP contribution in [0.15, 0.2) is 36.4 Å². The van der Waals surface area contributed by atoms with Crippen LogP contribution in [0.25, 0.3) is 11.4 Å². The van der Waals surface area contributed by atoms with Gasteiger partial charge in [0.15, 0.2) is 11.6 Å². The van der Waals surface area contributed by atoms with Crippen molar-refractivity contribution >= 4 is 29.1 Å². The van der Waals surface area contributed by atoms with Crippen LogP contribution < -0.4 is 0 Å². The number of benzene rings is 2. The normalized spacial score (nSPS) is 16.4. The van der Waals surface area contributed by atoms with E-state index in [-0.39, 0.29) is 52.0 Å². The fraction of sp³-hybridized carbons (Fsp3) is 0.250. The summed E-state index contributed by atoms with van der Waals surface area (Å²) in [6.45, 7) is 2.17. The maximum atomic E-state index is 14.0. The lowest BCUT2D eigenvalue weighted by Gasteiger charge is -2.34. The zero-order valence-corrected chi connectivity index (χ0v) is 17.4. The van der Waals surface area contributed by atoms with Crippen LogP contribution >= 0.6 is 23.2 Å². The number of hydrogen-bond donors (Lipinski definition) is 0. The zero-order valence-electron chi connectivity index (χ0n) is 15.9. The molecular weight excluding hydrogens is 459 g/mol. The molecule has 0 fully saturated rings. The SMILES string of the molecule is CC1Cn2c(nnc2-c2ccc(C(F)(F)F)c(F)c2)CN1C(=O)c1cccc(Cl)c1Cl. The van der Waals surface area contributed by atoms with Crippen molar-refractivity contribution in [2.45, 2.75) is 32.2 Å². The summed E-state index contributed by atoms with van der Waals surface area (Å²) in [5.41, 5.74) is -0.939. The number of nitrogens with zero attached hydrogens (tertiary/aromatic N) is 4. The van der Waals surface area contributed by atoms with Crippen LogP contribution in [0, 0.1) is 5.82 Å². The molecule has 1 aliphatic heterocycles. The van der Waals surface area contributed by atoms with Crippen molar-refractivity contribution in [3.05, 3.63) is 69.2 Å². The van der Waals surface area contributed by atoms with E-state index in [1.54, 1.807) is 34.6 Å². The molecule has 1 aliphatic rings. The quantitative estimate of drug-likeness (QED) is 0.465. The highest BCUT2D eigenvalue weighted by Crippen LogP contribution is 2.34. The summed E-state index contributed by atoms with van der Waals surface area (Å²) in [6, 6.07) is 7.06. The Balaban J connectivity index is 1.65. The lowest BCUT2D eigenvalue weighted by atomic mass is 10.1. The molecule has 1 atom stereocenters. The molecule has 0 saturated carbocycles. The summed E-state index contributed by atoms with van der Waals surface area (Å²) in [5, 5.41) is 8.47. The number of fused-ring (bicyclic) bond motifs is 1. The van der Waals surface area contributed by atoms with Crippen molar-refractivity contribution < 1.29 is 22.4 Å². The lowest BCUT2D eigenvalue weighted by molar-refractivity contribution is -0.139. The van der Waals surface area contributed by atoms with E-state index in [9.17, 15) is 22.4 Å². The summed E-state index contributed by atoms with van der Waals surface area (Å²) >= 11 is 12.2.